The molecule has 43 heavy (non-hydrogen) atoms. The summed E-state index contributed by atoms with van der Waals surface area (Å²) in [5.74, 6) is 0.356. The molecule has 0 aliphatic rings. The molecule has 0 bridgehead atoms. The van der Waals surface area contributed by atoms with Crippen molar-refractivity contribution in [2.75, 3.05) is 0 Å². The highest BCUT2D eigenvalue weighted by molar-refractivity contribution is 5.72. The summed E-state index contributed by atoms with van der Waals surface area (Å²) in [6, 6.07) is 44.2. The molecule has 0 radical (unpaired) electrons. The van der Waals surface area contributed by atoms with Crippen LogP contribution in [-0.2, 0) is 47.0 Å². The van der Waals surface area contributed by atoms with Crippen molar-refractivity contribution in [3.05, 3.63) is 167 Å². The van der Waals surface area contributed by atoms with E-state index < -0.39 is 5.97 Å². The highest BCUT2D eigenvalue weighted by atomic mass is 16.5. The zero-order valence-electron chi connectivity index (χ0n) is 23.8. The topological polar surface area (TPSA) is 82.1 Å². The van der Waals surface area contributed by atoms with Crippen LogP contribution in [0.2, 0.25) is 0 Å². The third-order valence-electron chi connectivity index (χ3n) is 6.24. The quantitative estimate of drug-likeness (QED) is 0.156. The van der Waals surface area contributed by atoms with E-state index in [1.807, 2.05) is 121 Å². The number of hydrogen-bond donors (Lipinski definition) is 1. The Morgan fingerprint density at radius 2 is 0.860 bits per heavy atom. The normalized spacial score (nSPS) is 10.1. The lowest BCUT2D eigenvalue weighted by Crippen LogP contribution is -2.08. The molecule has 0 aliphatic heterocycles. The summed E-state index contributed by atoms with van der Waals surface area (Å²) >= 11 is 0. The van der Waals surface area contributed by atoms with E-state index in [1.165, 1.54) is 0 Å². The maximum absolute atomic E-state index is 12.0. The van der Waals surface area contributed by atoms with Crippen molar-refractivity contribution in [2.45, 2.75) is 32.7 Å². The van der Waals surface area contributed by atoms with E-state index in [0.717, 1.165) is 33.6 Å². The van der Waals surface area contributed by atoms with Crippen molar-refractivity contribution < 1.29 is 28.9 Å². The van der Waals surface area contributed by atoms with Gasteiger partial charge in [0, 0.05) is 0 Å². The first kappa shape index (κ1) is 30.6. The van der Waals surface area contributed by atoms with Crippen LogP contribution in [0.1, 0.15) is 27.8 Å². The molecular formula is C37H34O6. The molecule has 0 amide bonds. The number of rotatable bonds is 12. The average molecular weight is 575 g/mol. The highest BCUT2D eigenvalue weighted by Crippen LogP contribution is 2.17. The Bertz CT molecular complexity index is 1550. The van der Waals surface area contributed by atoms with E-state index in [-0.39, 0.29) is 18.8 Å². The minimum atomic E-state index is -0.838. The molecule has 0 aromatic heterocycles. The molecule has 6 nitrogen and oxygen atoms in total. The first-order valence-electron chi connectivity index (χ1n) is 14.0. The predicted molar refractivity (Wildman–Crippen MR) is 166 cm³/mol. The van der Waals surface area contributed by atoms with Crippen LogP contribution >= 0.6 is 0 Å². The van der Waals surface area contributed by atoms with Gasteiger partial charge in [-0.3, -0.25) is 9.59 Å². The summed E-state index contributed by atoms with van der Waals surface area (Å²) in [5, 5.41) is 8.72. The van der Waals surface area contributed by atoms with Gasteiger partial charge < -0.3 is 19.3 Å². The van der Waals surface area contributed by atoms with Crippen LogP contribution in [-0.4, -0.2) is 17.0 Å². The van der Waals surface area contributed by atoms with E-state index in [9.17, 15) is 9.59 Å². The fourth-order valence-corrected chi connectivity index (χ4v) is 4.10. The third-order valence-corrected chi connectivity index (χ3v) is 6.24. The second kappa shape index (κ2) is 16.8. The van der Waals surface area contributed by atoms with Crippen molar-refractivity contribution in [3.63, 3.8) is 0 Å². The van der Waals surface area contributed by atoms with Crippen LogP contribution in [0.3, 0.4) is 0 Å². The lowest BCUT2D eigenvalue weighted by Gasteiger charge is -2.09. The standard InChI is InChI=1S/C22H20O3.C15H14O3/c23-22(25-17-19-10-5-2-6-11-19)15-20-12-7-13-21(14-20)24-16-18-8-3-1-4-9-18;16-15(17)10-13-7-4-8-14(9-13)18-11-12-5-2-1-3-6-12/h1-14H,15-17H2;1-9H,10-11H2,(H,16,17). The molecule has 0 aliphatic carbocycles. The average Bonchev–Trinajstić information content (AvgIpc) is 3.04. The van der Waals surface area contributed by atoms with Crippen LogP contribution in [0, 0.1) is 0 Å². The van der Waals surface area contributed by atoms with Gasteiger partial charge in [-0.15, -0.1) is 0 Å². The molecule has 5 rings (SSSR count). The Balaban J connectivity index is 0.000000208. The Labute approximate surface area is 252 Å². The van der Waals surface area contributed by atoms with Crippen molar-refractivity contribution in [1.29, 1.82) is 0 Å². The minimum absolute atomic E-state index is 0.0164. The van der Waals surface area contributed by atoms with Gasteiger partial charge in [0.05, 0.1) is 12.8 Å². The molecule has 0 saturated heterocycles. The van der Waals surface area contributed by atoms with Crippen molar-refractivity contribution in [1.82, 2.24) is 0 Å². The number of carbonyl (C=O) groups is 2. The highest BCUT2D eigenvalue weighted by Gasteiger charge is 2.07. The Hall–Kier alpha value is -5.36. The van der Waals surface area contributed by atoms with E-state index in [1.54, 1.807) is 18.2 Å². The molecular weight excluding hydrogens is 540 g/mol. The molecule has 6 heteroatoms. The summed E-state index contributed by atoms with van der Waals surface area (Å²) in [6.07, 6.45) is 0.248. The van der Waals surface area contributed by atoms with Gasteiger partial charge in [0.25, 0.3) is 0 Å². The SMILES string of the molecule is O=C(Cc1cccc(OCc2ccccc2)c1)OCc1ccccc1.O=C(O)Cc1cccc(OCc2ccccc2)c1. The van der Waals surface area contributed by atoms with Crippen molar-refractivity contribution in [2.24, 2.45) is 0 Å². The van der Waals surface area contributed by atoms with Gasteiger partial charge in [-0.2, -0.15) is 0 Å². The maximum atomic E-state index is 12.0. The van der Waals surface area contributed by atoms with E-state index in [4.69, 9.17) is 19.3 Å². The zero-order valence-corrected chi connectivity index (χ0v) is 23.8. The fourth-order valence-electron chi connectivity index (χ4n) is 4.10. The predicted octanol–water partition coefficient (Wildman–Crippen LogP) is 7.44. The summed E-state index contributed by atoms with van der Waals surface area (Å²) in [6.45, 7) is 1.28. The van der Waals surface area contributed by atoms with Crippen LogP contribution in [0.5, 0.6) is 11.5 Å². The van der Waals surface area contributed by atoms with Gasteiger partial charge in [0.15, 0.2) is 0 Å². The number of esters is 1. The molecule has 0 saturated carbocycles. The Morgan fingerprint density at radius 3 is 1.30 bits per heavy atom. The largest absolute Gasteiger partial charge is 0.489 e. The number of hydrogen-bond acceptors (Lipinski definition) is 5. The number of ether oxygens (including phenoxy) is 3. The monoisotopic (exact) mass is 574 g/mol. The number of carboxylic acids is 1. The molecule has 0 spiro atoms. The second-order valence-corrected chi connectivity index (χ2v) is 9.74. The molecule has 0 heterocycles. The molecule has 218 valence electrons. The van der Waals surface area contributed by atoms with Gasteiger partial charge in [0.2, 0.25) is 0 Å². The summed E-state index contributed by atoms with van der Waals surface area (Å²) in [4.78, 5) is 22.6. The number of benzene rings is 5. The van der Waals surface area contributed by atoms with Gasteiger partial charge >= 0.3 is 11.9 Å². The third kappa shape index (κ3) is 11.6. The molecule has 0 fully saturated rings. The zero-order chi connectivity index (χ0) is 30.1. The smallest absolute Gasteiger partial charge is 0.310 e. The van der Waals surface area contributed by atoms with Crippen LogP contribution in [0.25, 0.3) is 0 Å². The van der Waals surface area contributed by atoms with Gasteiger partial charge in [-0.1, -0.05) is 115 Å². The van der Waals surface area contributed by atoms with E-state index in [2.05, 4.69) is 0 Å². The molecule has 5 aromatic carbocycles. The summed E-state index contributed by atoms with van der Waals surface area (Å²) in [7, 11) is 0. The van der Waals surface area contributed by atoms with E-state index >= 15 is 0 Å². The van der Waals surface area contributed by atoms with Gasteiger partial charge in [0.1, 0.15) is 31.3 Å². The minimum Gasteiger partial charge on any atom is -0.489 e. The first-order valence-corrected chi connectivity index (χ1v) is 14.0. The van der Waals surface area contributed by atoms with Crippen LogP contribution < -0.4 is 9.47 Å². The number of aliphatic carboxylic acids is 1. The van der Waals surface area contributed by atoms with Crippen LogP contribution in [0.15, 0.2) is 140 Å². The van der Waals surface area contributed by atoms with Crippen molar-refractivity contribution in [3.8, 4) is 11.5 Å². The summed E-state index contributed by atoms with van der Waals surface area (Å²) in [5.41, 5.74) is 4.80. The lowest BCUT2D eigenvalue weighted by molar-refractivity contribution is -0.144. The van der Waals surface area contributed by atoms with Gasteiger partial charge in [-0.05, 0) is 52.1 Å². The first-order chi connectivity index (χ1) is 21.0. The van der Waals surface area contributed by atoms with Gasteiger partial charge in [-0.25, -0.2) is 0 Å². The van der Waals surface area contributed by atoms with E-state index in [0.29, 0.717) is 25.6 Å². The maximum Gasteiger partial charge on any atom is 0.310 e. The van der Waals surface area contributed by atoms with Crippen LogP contribution in [0.4, 0.5) is 0 Å². The molecule has 5 aromatic rings. The lowest BCUT2D eigenvalue weighted by atomic mass is 10.1. The van der Waals surface area contributed by atoms with Crippen molar-refractivity contribution >= 4 is 11.9 Å². The fraction of sp³-hybridized carbons (Fsp3) is 0.135. The molecule has 0 atom stereocenters. The number of carboxylic acid groups (broad SMARTS) is 1. The molecule has 1 N–H and O–H groups in total. The Kier molecular flexibility index (Phi) is 12.0. The second-order valence-electron chi connectivity index (χ2n) is 9.74. The summed E-state index contributed by atoms with van der Waals surface area (Å²) < 4.78 is 16.7. The Morgan fingerprint density at radius 1 is 0.465 bits per heavy atom. The number of carbonyl (C=O) groups excluding carboxylic acids is 1. The molecule has 0 unspecified atom stereocenters.